The van der Waals surface area contributed by atoms with Gasteiger partial charge >= 0.3 is 5.97 Å². The van der Waals surface area contributed by atoms with Crippen molar-refractivity contribution in [1.82, 2.24) is 5.32 Å². The Kier molecular flexibility index (Phi) is 3.80. The highest BCUT2D eigenvalue weighted by Crippen LogP contribution is 2.22. The summed E-state index contributed by atoms with van der Waals surface area (Å²) in [5.74, 6) is -1.87. The molecule has 0 spiro atoms. The third kappa shape index (κ3) is 2.85. The van der Waals surface area contributed by atoms with E-state index in [0.717, 1.165) is 3.79 Å². The van der Waals surface area contributed by atoms with Gasteiger partial charge < -0.3 is 15.2 Å². The Morgan fingerprint density at radius 2 is 2.24 bits per heavy atom. The molecule has 1 aliphatic rings. The number of nitrogens with one attached hydrogen (secondary N) is 1. The molecule has 0 aliphatic carbocycles. The highest BCUT2D eigenvalue weighted by Gasteiger charge is 2.35. The smallest absolute Gasteiger partial charge is 0.311 e. The van der Waals surface area contributed by atoms with E-state index >= 15 is 0 Å². The van der Waals surface area contributed by atoms with Crippen molar-refractivity contribution in [3.63, 3.8) is 0 Å². The maximum Gasteiger partial charge on any atom is 0.311 e. The van der Waals surface area contributed by atoms with E-state index < -0.39 is 17.9 Å². The van der Waals surface area contributed by atoms with Crippen LogP contribution in [0.2, 0.25) is 0 Å². The molecule has 0 radical (unpaired) electrons. The number of rotatable bonds is 3. The molecule has 0 bridgehead atoms. The molecular formula is C10H10BrNO4S. The molecule has 17 heavy (non-hydrogen) atoms. The number of carboxylic acids is 1. The molecule has 2 N–H and O–H groups in total. The Balaban J connectivity index is 2.01. The van der Waals surface area contributed by atoms with Crippen molar-refractivity contribution in [2.24, 2.45) is 5.92 Å². The summed E-state index contributed by atoms with van der Waals surface area (Å²) in [6.07, 6.45) is 0. The number of aliphatic carboxylic acids is 1. The van der Waals surface area contributed by atoms with Crippen molar-refractivity contribution in [2.45, 2.75) is 6.04 Å². The summed E-state index contributed by atoms with van der Waals surface area (Å²) in [5.41, 5.74) is 0. The maximum atomic E-state index is 11.8. The van der Waals surface area contributed by atoms with Crippen LogP contribution in [0.1, 0.15) is 9.67 Å². The van der Waals surface area contributed by atoms with Gasteiger partial charge in [-0.15, -0.1) is 11.3 Å². The van der Waals surface area contributed by atoms with Gasteiger partial charge in [-0.3, -0.25) is 9.59 Å². The van der Waals surface area contributed by atoms with Crippen molar-refractivity contribution in [3.05, 3.63) is 20.8 Å². The molecule has 0 aromatic carbocycles. The zero-order valence-corrected chi connectivity index (χ0v) is 11.1. The Hall–Kier alpha value is -0.920. The third-order valence-corrected chi connectivity index (χ3v) is 4.13. The van der Waals surface area contributed by atoms with E-state index in [2.05, 4.69) is 21.2 Å². The molecule has 1 saturated heterocycles. The van der Waals surface area contributed by atoms with Crippen LogP contribution in [-0.2, 0) is 9.53 Å². The number of ether oxygens (including phenoxy) is 1. The first-order chi connectivity index (χ1) is 8.08. The van der Waals surface area contributed by atoms with Gasteiger partial charge in [-0.1, -0.05) is 0 Å². The largest absolute Gasteiger partial charge is 0.481 e. The number of amides is 1. The summed E-state index contributed by atoms with van der Waals surface area (Å²) in [4.78, 5) is 23.3. The molecule has 1 aromatic heterocycles. The van der Waals surface area contributed by atoms with Gasteiger partial charge in [0.25, 0.3) is 5.91 Å². The minimum atomic E-state index is -0.944. The Labute approximate surface area is 110 Å². The van der Waals surface area contributed by atoms with Crippen LogP contribution in [0.3, 0.4) is 0 Å². The summed E-state index contributed by atoms with van der Waals surface area (Å²) in [5, 5.41) is 11.6. The fourth-order valence-electron chi connectivity index (χ4n) is 1.62. The summed E-state index contributed by atoms with van der Waals surface area (Å²) >= 11 is 4.57. The molecule has 1 aromatic rings. The Bertz CT molecular complexity index is 447. The van der Waals surface area contributed by atoms with Crippen molar-refractivity contribution < 1.29 is 19.4 Å². The van der Waals surface area contributed by atoms with Crippen LogP contribution in [0.5, 0.6) is 0 Å². The molecule has 1 fully saturated rings. The van der Waals surface area contributed by atoms with Gasteiger partial charge in [0.2, 0.25) is 0 Å². The van der Waals surface area contributed by atoms with Crippen LogP contribution in [-0.4, -0.2) is 36.2 Å². The molecule has 2 unspecified atom stereocenters. The second-order valence-corrected chi connectivity index (χ2v) is 6.13. The topological polar surface area (TPSA) is 75.6 Å². The molecule has 1 amide bonds. The lowest BCUT2D eigenvalue weighted by Crippen LogP contribution is -2.42. The second kappa shape index (κ2) is 5.16. The Morgan fingerprint density at radius 1 is 1.47 bits per heavy atom. The normalized spacial score (nSPS) is 23.6. The van der Waals surface area contributed by atoms with Crippen LogP contribution >= 0.6 is 27.3 Å². The Morgan fingerprint density at radius 3 is 2.82 bits per heavy atom. The predicted molar refractivity (Wildman–Crippen MR) is 65.2 cm³/mol. The van der Waals surface area contributed by atoms with Gasteiger partial charge in [0.15, 0.2) is 0 Å². The quantitative estimate of drug-likeness (QED) is 0.881. The van der Waals surface area contributed by atoms with E-state index in [4.69, 9.17) is 9.84 Å². The van der Waals surface area contributed by atoms with E-state index in [9.17, 15) is 9.59 Å². The summed E-state index contributed by atoms with van der Waals surface area (Å²) in [7, 11) is 0. The van der Waals surface area contributed by atoms with E-state index in [-0.39, 0.29) is 19.1 Å². The fraction of sp³-hybridized carbons (Fsp3) is 0.400. The van der Waals surface area contributed by atoms with Gasteiger partial charge in [-0.25, -0.2) is 0 Å². The molecule has 2 rings (SSSR count). The van der Waals surface area contributed by atoms with Crippen molar-refractivity contribution in [3.8, 4) is 0 Å². The standard InChI is InChI=1S/C10H10BrNO4S/c11-8-2-1-7(17-8)9(13)12-6-4-16-3-5(6)10(14)15/h1-2,5-6H,3-4H2,(H,12,13)(H,14,15). The highest BCUT2D eigenvalue weighted by molar-refractivity contribution is 9.11. The highest BCUT2D eigenvalue weighted by atomic mass is 79.9. The number of halogens is 1. The third-order valence-electron chi connectivity index (χ3n) is 2.51. The number of hydrogen-bond donors (Lipinski definition) is 2. The van der Waals surface area contributed by atoms with Crippen molar-refractivity contribution in [1.29, 1.82) is 0 Å². The molecule has 1 aliphatic heterocycles. The molecular weight excluding hydrogens is 310 g/mol. The lowest BCUT2D eigenvalue weighted by atomic mass is 10.0. The van der Waals surface area contributed by atoms with Crippen LogP contribution in [0.4, 0.5) is 0 Å². The molecule has 92 valence electrons. The maximum absolute atomic E-state index is 11.8. The molecule has 5 nitrogen and oxygen atoms in total. The molecule has 7 heteroatoms. The number of carboxylic acid groups (broad SMARTS) is 1. The van der Waals surface area contributed by atoms with E-state index in [1.165, 1.54) is 11.3 Å². The zero-order valence-electron chi connectivity index (χ0n) is 8.68. The molecule has 2 heterocycles. The number of thiophene rings is 1. The summed E-state index contributed by atoms with van der Waals surface area (Å²) < 4.78 is 5.93. The minimum absolute atomic E-state index is 0.147. The van der Waals surface area contributed by atoms with Gasteiger partial charge in [0.05, 0.1) is 27.9 Å². The van der Waals surface area contributed by atoms with Crippen LogP contribution < -0.4 is 5.32 Å². The lowest BCUT2D eigenvalue weighted by Gasteiger charge is -2.14. The van der Waals surface area contributed by atoms with E-state index in [0.29, 0.717) is 4.88 Å². The fourth-order valence-corrected chi connectivity index (χ4v) is 2.90. The molecule has 2 atom stereocenters. The summed E-state index contributed by atoms with van der Waals surface area (Å²) in [6, 6.07) is 3.01. The first-order valence-corrected chi connectivity index (χ1v) is 6.55. The average molecular weight is 320 g/mol. The van der Waals surface area contributed by atoms with Crippen molar-refractivity contribution in [2.75, 3.05) is 13.2 Å². The number of carbonyl (C=O) groups is 2. The second-order valence-electron chi connectivity index (χ2n) is 3.67. The van der Waals surface area contributed by atoms with Crippen molar-refractivity contribution >= 4 is 39.1 Å². The van der Waals surface area contributed by atoms with Gasteiger partial charge in [-0.05, 0) is 28.1 Å². The SMILES string of the molecule is O=C(NC1COCC1C(=O)O)c1ccc(Br)s1. The minimum Gasteiger partial charge on any atom is -0.481 e. The number of hydrogen-bond acceptors (Lipinski definition) is 4. The monoisotopic (exact) mass is 319 g/mol. The zero-order chi connectivity index (χ0) is 12.4. The van der Waals surface area contributed by atoms with E-state index in [1.807, 2.05) is 0 Å². The van der Waals surface area contributed by atoms with Gasteiger partial charge in [0.1, 0.15) is 5.92 Å². The predicted octanol–water partition coefficient (Wildman–Crippen LogP) is 1.34. The van der Waals surface area contributed by atoms with Gasteiger partial charge in [-0.2, -0.15) is 0 Å². The molecule has 0 saturated carbocycles. The first kappa shape index (κ1) is 12.5. The van der Waals surface area contributed by atoms with Crippen LogP contribution in [0.25, 0.3) is 0 Å². The van der Waals surface area contributed by atoms with Crippen LogP contribution in [0, 0.1) is 5.92 Å². The first-order valence-electron chi connectivity index (χ1n) is 4.94. The average Bonchev–Trinajstić information content (AvgIpc) is 2.86. The van der Waals surface area contributed by atoms with E-state index in [1.54, 1.807) is 12.1 Å². The lowest BCUT2D eigenvalue weighted by molar-refractivity contribution is -0.142. The van der Waals surface area contributed by atoms with Gasteiger partial charge in [0, 0.05) is 0 Å². The van der Waals surface area contributed by atoms with Crippen LogP contribution in [0.15, 0.2) is 15.9 Å². The summed E-state index contributed by atoms with van der Waals surface area (Å²) in [6.45, 7) is 0.393. The number of carbonyl (C=O) groups excluding carboxylic acids is 1.